The van der Waals surface area contributed by atoms with Gasteiger partial charge in [0, 0.05) is 44.3 Å². The van der Waals surface area contributed by atoms with E-state index in [1.807, 2.05) is 65.4 Å². The van der Waals surface area contributed by atoms with Crippen molar-refractivity contribution in [1.29, 1.82) is 0 Å². The van der Waals surface area contributed by atoms with Crippen LogP contribution >= 0.6 is 0 Å². The van der Waals surface area contributed by atoms with E-state index in [9.17, 15) is 0 Å². The van der Waals surface area contributed by atoms with E-state index in [1.54, 1.807) is 0 Å². The van der Waals surface area contributed by atoms with Crippen LogP contribution in [0.25, 0.3) is 94.5 Å². The minimum Gasteiger partial charge on any atom is -0.510 e. The summed E-state index contributed by atoms with van der Waals surface area (Å²) in [6.45, 7) is 13.2. The zero-order valence-corrected chi connectivity index (χ0v) is 40.7. The van der Waals surface area contributed by atoms with Gasteiger partial charge in [-0.25, -0.2) is 4.98 Å². The van der Waals surface area contributed by atoms with Crippen LogP contribution in [0.1, 0.15) is 59.5 Å². The van der Waals surface area contributed by atoms with Crippen molar-refractivity contribution in [2.24, 2.45) is 0 Å². The van der Waals surface area contributed by atoms with Gasteiger partial charge in [-0.15, -0.1) is 29.7 Å². The Bertz CT molecular complexity index is 4040. The SMILES string of the molecule is [2H]c1c([2H])c([2H])c(-c2ccc3c(c2)-c2cccc(C(C)(C)C)c2-[n+]2[c-]n(-c4[c-]c(Oc5[c-]c6c(cc5)c5ccccc5n6-c5cc(C(C)(C)C)ccn5)ccc4)c4cccc(c42)-c2ccccc2-3)c([2H])c1[2H].[Pt]. The summed E-state index contributed by atoms with van der Waals surface area (Å²) in [5.74, 6) is 1.86. The van der Waals surface area contributed by atoms with Crippen molar-refractivity contribution in [3.63, 3.8) is 0 Å². The third-order valence-electron chi connectivity index (χ3n) is 13.0. The Labute approximate surface area is 419 Å². The molecule has 11 aromatic rings. The van der Waals surface area contributed by atoms with Gasteiger partial charge in [0.25, 0.3) is 6.33 Å². The van der Waals surface area contributed by atoms with E-state index < -0.39 is 6.04 Å². The molecule has 0 saturated carbocycles. The number of rotatable bonds is 5. The average molecular weight is 1070 g/mol. The van der Waals surface area contributed by atoms with E-state index in [1.165, 1.54) is 5.56 Å². The molecule has 0 N–H and O–H groups in total. The molecule has 0 spiro atoms. The maximum atomic E-state index is 8.95. The van der Waals surface area contributed by atoms with Gasteiger partial charge in [-0.2, -0.15) is 18.2 Å². The number of hydrogen-bond donors (Lipinski definition) is 0. The zero-order valence-electron chi connectivity index (χ0n) is 43.4. The van der Waals surface area contributed by atoms with Gasteiger partial charge in [0.2, 0.25) is 0 Å². The average Bonchev–Trinajstić information content (AvgIpc) is 3.94. The molecule has 4 heterocycles. The third-order valence-corrected chi connectivity index (χ3v) is 13.0. The second-order valence-electron chi connectivity index (χ2n) is 19.3. The minimum atomic E-state index is -0.422. The van der Waals surface area contributed by atoms with E-state index in [4.69, 9.17) is 16.6 Å². The molecule has 12 rings (SSSR count). The Hall–Kier alpha value is -7.33. The molecule has 0 radical (unpaired) electrons. The number of nitrogens with zero attached hydrogens (tertiary/aromatic N) is 4. The molecular formula is C62H48N4OPt-2. The second-order valence-corrected chi connectivity index (χ2v) is 19.3. The summed E-state index contributed by atoms with van der Waals surface area (Å²) in [5, 5.41) is 2.15. The van der Waals surface area contributed by atoms with Crippen LogP contribution in [-0.2, 0) is 31.9 Å². The van der Waals surface area contributed by atoms with Crippen molar-refractivity contribution >= 4 is 32.8 Å². The maximum absolute atomic E-state index is 8.95. The van der Waals surface area contributed by atoms with Gasteiger partial charge in [-0.05, 0) is 102 Å². The summed E-state index contributed by atoms with van der Waals surface area (Å²) < 4.78 is 56.4. The number of pyridine rings is 1. The van der Waals surface area contributed by atoms with Crippen molar-refractivity contribution in [2.45, 2.75) is 52.4 Å². The fraction of sp³-hybridized carbons (Fsp3) is 0.129. The molecule has 1 aliphatic heterocycles. The Morgan fingerprint density at radius 2 is 1.26 bits per heavy atom. The molecule has 6 heteroatoms. The number of benzene rings is 8. The molecule has 334 valence electrons. The molecule has 8 aromatic carbocycles. The van der Waals surface area contributed by atoms with Crippen LogP contribution in [0.5, 0.6) is 11.5 Å². The van der Waals surface area contributed by atoms with Crippen LogP contribution < -0.4 is 9.30 Å². The standard InChI is InChI=1S/C62H48N4O.Pt/c1-61(2,3)42-33-34-63-58(36-42)66-55-27-13-12-23-49(55)50-32-30-45(38-57(50)66)67-44-20-14-19-43(37-44)64-39-65-59-52(24-15-26-54(59)62(4,5)6)53-35-41(40-17-8-7-9-18-40)29-31-48(53)46-21-10-11-22-47(46)51-25-16-28-56(64)60(51)65;/h7-36H,1-6H3;/q-2;/i7D,8D,9D,17D,18D;. The van der Waals surface area contributed by atoms with Crippen LogP contribution in [0.4, 0.5) is 0 Å². The Balaban J connectivity index is 0.00000574. The number of fused-ring (bicyclic) bond motifs is 10. The third kappa shape index (κ3) is 7.20. The van der Waals surface area contributed by atoms with Crippen molar-refractivity contribution in [2.75, 3.05) is 0 Å². The van der Waals surface area contributed by atoms with Crippen LogP contribution in [0.15, 0.2) is 182 Å². The summed E-state index contributed by atoms with van der Waals surface area (Å²) in [6.07, 6.45) is 5.71. The monoisotopic (exact) mass is 1060 g/mol. The first-order chi connectivity index (χ1) is 34.6. The predicted molar refractivity (Wildman–Crippen MR) is 273 cm³/mol. The van der Waals surface area contributed by atoms with Gasteiger partial charge >= 0.3 is 0 Å². The first kappa shape index (κ1) is 37.7. The zero-order chi connectivity index (χ0) is 50.0. The van der Waals surface area contributed by atoms with Gasteiger partial charge < -0.3 is 13.9 Å². The van der Waals surface area contributed by atoms with Crippen LogP contribution in [0.3, 0.4) is 0 Å². The molecule has 1 aliphatic rings. The quantitative estimate of drug-likeness (QED) is 0.127. The normalized spacial score (nSPS) is 13.2. The molecule has 0 bridgehead atoms. The molecule has 0 atom stereocenters. The Morgan fingerprint density at radius 1 is 0.574 bits per heavy atom. The summed E-state index contributed by atoms with van der Waals surface area (Å²) in [4.78, 5) is 4.86. The first-order valence-electron chi connectivity index (χ1n) is 25.1. The maximum Gasteiger partial charge on any atom is 0.268 e. The largest absolute Gasteiger partial charge is 0.510 e. The number of hydrogen-bond acceptors (Lipinski definition) is 2. The molecule has 0 fully saturated rings. The number of aromatic nitrogens is 4. The topological polar surface area (TPSA) is 35.9 Å². The Kier molecular flexibility index (Phi) is 9.14. The fourth-order valence-corrected chi connectivity index (χ4v) is 9.75. The van der Waals surface area contributed by atoms with E-state index in [2.05, 4.69) is 160 Å². The number of imidazole rings is 1. The van der Waals surface area contributed by atoms with Gasteiger partial charge in [-0.3, -0.25) is 4.57 Å². The number of para-hydroxylation sites is 3. The van der Waals surface area contributed by atoms with E-state index in [-0.39, 0.29) is 61.6 Å². The number of ether oxygens (including phenoxy) is 1. The molecule has 0 amide bonds. The molecular weight excluding hydrogens is 1010 g/mol. The van der Waals surface area contributed by atoms with Crippen molar-refractivity contribution in [1.82, 2.24) is 14.1 Å². The molecule has 68 heavy (non-hydrogen) atoms. The van der Waals surface area contributed by atoms with Gasteiger partial charge in [0.15, 0.2) is 0 Å². The summed E-state index contributed by atoms with van der Waals surface area (Å²) in [5.41, 5.74) is 13.6. The van der Waals surface area contributed by atoms with Crippen LogP contribution in [0.2, 0.25) is 0 Å². The van der Waals surface area contributed by atoms with E-state index in [0.29, 0.717) is 17.1 Å². The van der Waals surface area contributed by atoms with Crippen LogP contribution in [0, 0.1) is 18.5 Å². The molecule has 0 unspecified atom stereocenters. The van der Waals surface area contributed by atoms with Gasteiger partial charge in [0.1, 0.15) is 5.82 Å². The minimum absolute atomic E-state index is 0. The molecule has 0 saturated heterocycles. The van der Waals surface area contributed by atoms with Gasteiger partial charge in [0.05, 0.1) is 23.6 Å². The molecule has 5 nitrogen and oxygen atoms in total. The summed E-state index contributed by atoms with van der Waals surface area (Å²) >= 11 is 0. The fourth-order valence-electron chi connectivity index (χ4n) is 9.75. The predicted octanol–water partition coefficient (Wildman–Crippen LogP) is 15.2. The summed E-state index contributed by atoms with van der Waals surface area (Å²) in [6, 6.07) is 55.0. The smallest absolute Gasteiger partial charge is 0.268 e. The van der Waals surface area contributed by atoms with Crippen molar-refractivity contribution in [3.05, 3.63) is 212 Å². The van der Waals surface area contributed by atoms with Crippen molar-refractivity contribution in [3.8, 4) is 73.2 Å². The van der Waals surface area contributed by atoms with Crippen LogP contribution in [-0.4, -0.2) is 14.1 Å². The van der Waals surface area contributed by atoms with E-state index >= 15 is 0 Å². The summed E-state index contributed by atoms with van der Waals surface area (Å²) in [7, 11) is 0. The first-order valence-corrected chi connectivity index (χ1v) is 22.6. The van der Waals surface area contributed by atoms with Gasteiger partial charge in [-0.1, -0.05) is 168 Å². The van der Waals surface area contributed by atoms with E-state index in [0.717, 1.165) is 89.0 Å². The molecule has 3 aromatic heterocycles. The Morgan fingerprint density at radius 3 is 2.07 bits per heavy atom. The second kappa shape index (κ2) is 16.5. The molecule has 0 aliphatic carbocycles. The van der Waals surface area contributed by atoms with Crippen molar-refractivity contribution < 1.29 is 37.2 Å².